The molecule has 4 N–H and O–H groups in total. The third-order valence-electron chi connectivity index (χ3n) is 10.0. The second-order valence-electron chi connectivity index (χ2n) is 15.5. The van der Waals surface area contributed by atoms with Crippen molar-refractivity contribution >= 4 is 34.6 Å². The molecule has 1 saturated carbocycles. The molecule has 1 aliphatic carbocycles. The molecule has 1 amide bonds. The second kappa shape index (κ2) is 17.8. The smallest absolute Gasteiger partial charge is 0.407 e. The van der Waals surface area contributed by atoms with Crippen molar-refractivity contribution in [1.29, 1.82) is 0 Å². The van der Waals surface area contributed by atoms with Gasteiger partial charge in [0.05, 0.1) is 27.5 Å². The molecule has 2 aliphatic rings. The minimum Gasteiger partial charge on any atom is -0.490 e. The molecular weight excluding hydrogens is 741 g/mol. The number of nitrogens with zero attached hydrogens (tertiary/aromatic N) is 5. The number of piperazine rings is 1. The zero-order valence-electron chi connectivity index (χ0n) is 33.3. The van der Waals surface area contributed by atoms with Crippen LogP contribution in [0.4, 0.5) is 22.0 Å². The summed E-state index contributed by atoms with van der Waals surface area (Å²) in [6.45, 7) is 12.4. The minimum absolute atomic E-state index is 0.124. The summed E-state index contributed by atoms with van der Waals surface area (Å²) in [5, 5.41) is 15.3. The number of nitrogens with one attached hydrogen (secondary N) is 2. The summed E-state index contributed by atoms with van der Waals surface area (Å²) in [4.78, 5) is 22.7. The van der Waals surface area contributed by atoms with Gasteiger partial charge in [0, 0.05) is 76.5 Å². The van der Waals surface area contributed by atoms with Crippen LogP contribution in [0.1, 0.15) is 50.4 Å². The highest BCUT2D eigenvalue weighted by molar-refractivity contribution is 7.13. The third kappa shape index (κ3) is 10.3. The van der Waals surface area contributed by atoms with E-state index in [9.17, 15) is 4.79 Å². The van der Waals surface area contributed by atoms with Gasteiger partial charge in [-0.25, -0.2) is 9.78 Å². The van der Waals surface area contributed by atoms with E-state index in [1.54, 1.807) is 18.4 Å². The number of thiazole rings is 1. The van der Waals surface area contributed by atoms with E-state index in [4.69, 9.17) is 24.7 Å². The molecule has 1 saturated heterocycles. The number of ether oxygens (including phenoxy) is 4. The number of methoxy groups -OCH3 is 1. The molecule has 0 atom stereocenters. The third-order valence-corrected chi connectivity index (χ3v) is 11.0. The second-order valence-corrected chi connectivity index (χ2v) is 16.4. The average Bonchev–Trinajstić information content (AvgIpc) is 3.62. The Morgan fingerprint density at radius 3 is 2.47 bits per heavy atom. The molecular formula is C43H52N8O5S. The van der Waals surface area contributed by atoms with Crippen molar-refractivity contribution in [3.05, 3.63) is 95.1 Å². The lowest BCUT2D eigenvalue weighted by atomic mass is 9.88. The fourth-order valence-electron chi connectivity index (χ4n) is 7.04. The number of alkyl carbamates (subject to hydrolysis) is 1. The zero-order valence-corrected chi connectivity index (χ0v) is 34.1. The highest BCUT2D eigenvalue weighted by Gasteiger charge is 2.32. The van der Waals surface area contributed by atoms with Crippen molar-refractivity contribution < 1.29 is 23.7 Å². The Bertz CT molecular complexity index is 2120. The summed E-state index contributed by atoms with van der Waals surface area (Å²) in [5.41, 5.74) is 15.4. The van der Waals surface area contributed by atoms with Gasteiger partial charge in [0.25, 0.3) is 0 Å². The lowest BCUT2D eigenvalue weighted by molar-refractivity contribution is 0.0513. The summed E-state index contributed by atoms with van der Waals surface area (Å²) in [7, 11) is 1.59. The van der Waals surface area contributed by atoms with Gasteiger partial charge in [-0.2, -0.15) is 0 Å². The maximum absolute atomic E-state index is 12.4. The number of para-hydroxylation sites is 1. The molecule has 14 heteroatoms. The molecule has 13 nitrogen and oxygen atoms in total. The number of nitrogen functional groups attached to an aromatic ring is 1. The lowest BCUT2D eigenvalue weighted by Crippen LogP contribution is -2.46. The highest BCUT2D eigenvalue weighted by atomic mass is 32.1. The molecule has 300 valence electrons. The van der Waals surface area contributed by atoms with Crippen molar-refractivity contribution in [1.82, 2.24) is 25.4 Å². The van der Waals surface area contributed by atoms with Crippen LogP contribution in [0.2, 0.25) is 0 Å². The molecule has 5 aromatic rings. The number of carbonyl (C=O) groups excluding carboxylic acids is 1. The molecule has 57 heavy (non-hydrogen) atoms. The van der Waals surface area contributed by atoms with Crippen LogP contribution in [-0.2, 0) is 22.6 Å². The largest absolute Gasteiger partial charge is 0.490 e. The minimum atomic E-state index is -0.562. The Balaban J connectivity index is 0.896. The molecule has 7 rings (SSSR count). The summed E-state index contributed by atoms with van der Waals surface area (Å²) < 4.78 is 22.7. The van der Waals surface area contributed by atoms with Crippen LogP contribution in [0.5, 0.6) is 11.5 Å². The molecule has 1 aliphatic heterocycles. The molecule has 3 heterocycles. The van der Waals surface area contributed by atoms with E-state index in [2.05, 4.69) is 78.1 Å². The molecule has 0 radical (unpaired) electrons. The van der Waals surface area contributed by atoms with Gasteiger partial charge in [-0.05, 0) is 80.8 Å². The van der Waals surface area contributed by atoms with Gasteiger partial charge >= 0.3 is 6.09 Å². The van der Waals surface area contributed by atoms with E-state index in [1.165, 1.54) is 5.56 Å². The van der Waals surface area contributed by atoms with Crippen LogP contribution < -0.4 is 30.7 Å². The van der Waals surface area contributed by atoms with Crippen molar-refractivity contribution in [3.63, 3.8) is 0 Å². The normalized spacial score (nSPS) is 17.1. The molecule has 3 aromatic carbocycles. The van der Waals surface area contributed by atoms with Crippen molar-refractivity contribution in [2.45, 2.75) is 71.4 Å². The maximum Gasteiger partial charge on any atom is 0.407 e. The van der Waals surface area contributed by atoms with Crippen LogP contribution >= 0.6 is 11.3 Å². The topological polar surface area (TPSA) is 149 Å². The first-order chi connectivity index (χ1) is 27.5. The average molecular weight is 793 g/mol. The van der Waals surface area contributed by atoms with Crippen LogP contribution in [-0.4, -0.2) is 84.0 Å². The number of carbonyl (C=O) groups is 1. The van der Waals surface area contributed by atoms with E-state index in [0.717, 1.165) is 90.0 Å². The van der Waals surface area contributed by atoms with Gasteiger partial charge in [-0.1, -0.05) is 36.4 Å². The monoisotopic (exact) mass is 792 g/mol. The Hall–Kier alpha value is -5.44. The summed E-state index contributed by atoms with van der Waals surface area (Å²) >= 11 is 1.63. The zero-order chi connectivity index (χ0) is 39.9. The van der Waals surface area contributed by atoms with Crippen LogP contribution in [0.25, 0.3) is 21.7 Å². The van der Waals surface area contributed by atoms with Crippen LogP contribution in [0.3, 0.4) is 0 Å². The van der Waals surface area contributed by atoms with Crippen molar-refractivity contribution in [2.24, 2.45) is 0 Å². The molecule has 2 aromatic heterocycles. The first kappa shape index (κ1) is 39.8. The number of anilines is 3. The quantitative estimate of drug-likeness (QED) is 0.0956. The molecule has 2 fully saturated rings. The van der Waals surface area contributed by atoms with E-state index in [0.29, 0.717) is 23.8 Å². The predicted octanol–water partition coefficient (Wildman–Crippen LogP) is 7.51. The number of aromatic nitrogens is 3. The maximum atomic E-state index is 12.4. The van der Waals surface area contributed by atoms with Gasteiger partial charge < -0.3 is 40.2 Å². The predicted molar refractivity (Wildman–Crippen MR) is 225 cm³/mol. The van der Waals surface area contributed by atoms with Gasteiger partial charge in [0.15, 0.2) is 12.6 Å². The van der Waals surface area contributed by atoms with E-state index < -0.39 is 11.7 Å². The Labute approximate surface area is 338 Å². The van der Waals surface area contributed by atoms with Crippen LogP contribution in [0, 0.1) is 6.92 Å². The molecule has 0 spiro atoms. The number of aryl methyl sites for hydroxylation is 1. The Kier molecular flexibility index (Phi) is 12.4. The number of rotatable bonds is 14. The summed E-state index contributed by atoms with van der Waals surface area (Å²) in [6, 6.07) is 24.7. The van der Waals surface area contributed by atoms with E-state index in [1.807, 2.05) is 63.5 Å². The van der Waals surface area contributed by atoms with Crippen molar-refractivity contribution in [2.75, 3.05) is 56.0 Å². The first-order valence-corrected chi connectivity index (χ1v) is 20.2. The number of benzene rings is 3. The lowest BCUT2D eigenvalue weighted by Gasteiger charge is -2.37. The number of amides is 1. The highest BCUT2D eigenvalue weighted by Crippen LogP contribution is 2.35. The standard InChI is InChI=1S/C43H52N8O5S/c1-28-40(57-26-46-28)30-12-13-31(24-45-42(52)56-43(2,3)4)36(20-30)47-32-21-34(22-32)55-33-14-10-29(11-15-33)25-50-16-18-51(19-17-50)38-23-37(48-49-41(38)44)35-8-6-7-9-39(35)54-27-53-5/h6-15,20,23,26,32,34,47H,16-19,21-22,24-25,27H2,1-5H3,(H2,44,49)(H,45,52). The Morgan fingerprint density at radius 2 is 1.75 bits per heavy atom. The van der Waals surface area contributed by atoms with Gasteiger partial charge in [-0.3, -0.25) is 4.90 Å². The van der Waals surface area contributed by atoms with Gasteiger partial charge in [0.2, 0.25) is 0 Å². The summed E-state index contributed by atoms with van der Waals surface area (Å²) in [5.74, 6) is 1.98. The number of hydrogen-bond acceptors (Lipinski definition) is 13. The number of hydrogen-bond donors (Lipinski definition) is 3. The Morgan fingerprint density at radius 1 is 0.982 bits per heavy atom. The fourth-order valence-corrected chi connectivity index (χ4v) is 7.84. The molecule has 0 bridgehead atoms. The van der Waals surface area contributed by atoms with Crippen LogP contribution in [0.15, 0.2) is 78.3 Å². The molecule has 0 unspecified atom stereocenters. The summed E-state index contributed by atoms with van der Waals surface area (Å²) in [6.07, 6.45) is 1.44. The van der Waals surface area contributed by atoms with Gasteiger partial charge in [0.1, 0.15) is 23.2 Å². The van der Waals surface area contributed by atoms with E-state index in [-0.39, 0.29) is 18.9 Å². The first-order valence-electron chi connectivity index (χ1n) is 19.4. The van der Waals surface area contributed by atoms with Gasteiger partial charge in [-0.15, -0.1) is 21.5 Å². The van der Waals surface area contributed by atoms with E-state index >= 15 is 0 Å². The number of nitrogens with two attached hydrogens (primary N) is 1. The van der Waals surface area contributed by atoms with Crippen molar-refractivity contribution in [3.8, 4) is 33.2 Å². The SMILES string of the molecule is COCOc1ccccc1-c1cc(N2CCN(Cc3ccc(OC4CC(Nc5cc(-c6scnc6C)ccc5CNC(=O)OC(C)(C)C)C4)cc3)CC2)c(N)nn1. The fraction of sp³-hybridized carbons (Fsp3) is 0.395.